The molecular formula is C7H10F3NO3. The first-order chi connectivity index (χ1) is 6.37. The molecule has 0 aliphatic carbocycles. The standard InChI is InChI=1S/C7H10F3NO3/c1-2-14-6(13)5(12)11-4-3-7(8,9)10/h2-4H2,1H3,(H,11,12). The van der Waals surface area contributed by atoms with Gasteiger partial charge in [-0.25, -0.2) is 4.79 Å². The van der Waals surface area contributed by atoms with Crippen molar-refractivity contribution in [3.05, 3.63) is 0 Å². The van der Waals surface area contributed by atoms with Crippen LogP contribution in [0.25, 0.3) is 0 Å². The number of carbonyl (C=O) groups is 2. The molecule has 4 nitrogen and oxygen atoms in total. The zero-order valence-electron chi connectivity index (χ0n) is 7.48. The Morgan fingerprint density at radius 1 is 1.36 bits per heavy atom. The third-order valence-corrected chi connectivity index (χ3v) is 1.15. The molecule has 0 heterocycles. The van der Waals surface area contributed by atoms with E-state index in [1.165, 1.54) is 6.92 Å². The predicted octanol–water partition coefficient (Wildman–Crippen LogP) is 0.618. The Bertz CT molecular complexity index is 215. The van der Waals surface area contributed by atoms with Crippen LogP contribution < -0.4 is 5.32 Å². The molecular weight excluding hydrogens is 203 g/mol. The van der Waals surface area contributed by atoms with Crippen molar-refractivity contribution >= 4 is 11.9 Å². The van der Waals surface area contributed by atoms with Crippen molar-refractivity contribution in [2.75, 3.05) is 13.2 Å². The van der Waals surface area contributed by atoms with E-state index in [2.05, 4.69) is 4.74 Å². The molecule has 0 aromatic heterocycles. The van der Waals surface area contributed by atoms with Gasteiger partial charge in [-0.3, -0.25) is 4.79 Å². The summed E-state index contributed by atoms with van der Waals surface area (Å²) < 4.78 is 39.0. The van der Waals surface area contributed by atoms with Crippen molar-refractivity contribution in [2.24, 2.45) is 0 Å². The number of halogens is 3. The molecule has 0 unspecified atom stereocenters. The fourth-order valence-corrected chi connectivity index (χ4v) is 0.587. The van der Waals surface area contributed by atoms with Crippen molar-refractivity contribution < 1.29 is 27.5 Å². The molecule has 0 radical (unpaired) electrons. The largest absolute Gasteiger partial charge is 0.459 e. The normalized spacial score (nSPS) is 10.9. The fourth-order valence-electron chi connectivity index (χ4n) is 0.587. The zero-order valence-corrected chi connectivity index (χ0v) is 7.48. The average molecular weight is 213 g/mol. The van der Waals surface area contributed by atoms with E-state index in [0.29, 0.717) is 0 Å². The molecule has 0 saturated carbocycles. The molecule has 0 saturated heterocycles. The fraction of sp³-hybridized carbons (Fsp3) is 0.714. The second-order valence-electron chi connectivity index (χ2n) is 2.34. The Morgan fingerprint density at radius 2 is 1.93 bits per heavy atom. The summed E-state index contributed by atoms with van der Waals surface area (Å²) in [5.74, 6) is -2.33. The van der Waals surface area contributed by atoms with Crippen LogP contribution in [0.3, 0.4) is 0 Å². The van der Waals surface area contributed by atoms with Gasteiger partial charge in [0.05, 0.1) is 13.0 Å². The number of carbonyl (C=O) groups excluding carboxylic acids is 2. The molecule has 0 atom stereocenters. The van der Waals surface area contributed by atoms with E-state index in [1.807, 2.05) is 0 Å². The number of ether oxygens (including phenoxy) is 1. The third-order valence-electron chi connectivity index (χ3n) is 1.15. The second-order valence-corrected chi connectivity index (χ2v) is 2.34. The molecule has 1 amide bonds. The molecule has 0 spiro atoms. The number of alkyl halides is 3. The van der Waals surface area contributed by atoms with E-state index in [0.717, 1.165) is 0 Å². The summed E-state index contributed by atoms with van der Waals surface area (Å²) >= 11 is 0. The van der Waals surface area contributed by atoms with Crippen molar-refractivity contribution in [3.63, 3.8) is 0 Å². The summed E-state index contributed by atoms with van der Waals surface area (Å²) in [4.78, 5) is 21.2. The maximum Gasteiger partial charge on any atom is 0.396 e. The monoisotopic (exact) mass is 213 g/mol. The molecule has 0 aromatic carbocycles. The maximum absolute atomic E-state index is 11.6. The van der Waals surface area contributed by atoms with Gasteiger partial charge < -0.3 is 10.1 Å². The number of nitrogens with one attached hydrogen (secondary N) is 1. The van der Waals surface area contributed by atoms with Gasteiger partial charge in [-0.05, 0) is 6.92 Å². The molecule has 7 heteroatoms. The van der Waals surface area contributed by atoms with E-state index in [1.54, 1.807) is 5.32 Å². The van der Waals surface area contributed by atoms with E-state index >= 15 is 0 Å². The van der Waals surface area contributed by atoms with Crippen LogP contribution in [-0.2, 0) is 14.3 Å². The molecule has 0 fully saturated rings. The summed E-state index contributed by atoms with van der Waals surface area (Å²) in [6.45, 7) is 0.869. The highest BCUT2D eigenvalue weighted by Crippen LogP contribution is 2.17. The number of amides is 1. The number of hydrogen-bond acceptors (Lipinski definition) is 3. The third kappa shape index (κ3) is 6.27. The van der Waals surface area contributed by atoms with Crippen molar-refractivity contribution in [1.29, 1.82) is 0 Å². The minimum Gasteiger partial charge on any atom is -0.459 e. The summed E-state index contributed by atoms with van der Waals surface area (Å²) in [6, 6.07) is 0. The van der Waals surface area contributed by atoms with Gasteiger partial charge in [0, 0.05) is 6.54 Å². The number of esters is 1. The molecule has 14 heavy (non-hydrogen) atoms. The smallest absolute Gasteiger partial charge is 0.396 e. The lowest BCUT2D eigenvalue weighted by atomic mass is 10.4. The highest BCUT2D eigenvalue weighted by Gasteiger charge is 2.27. The van der Waals surface area contributed by atoms with Crippen LogP contribution in [-0.4, -0.2) is 31.2 Å². The second kappa shape index (κ2) is 5.46. The maximum atomic E-state index is 11.6. The first-order valence-corrected chi connectivity index (χ1v) is 3.88. The van der Waals surface area contributed by atoms with Gasteiger partial charge >= 0.3 is 18.1 Å². The van der Waals surface area contributed by atoms with Gasteiger partial charge in [-0.15, -0.1) is 0 Å². The Kier molecular flexibility index (Phi) is 4.96. The highest BCUT2D eigenvalue weighted by atomic mass is 19.4. The summed E-state index contributed by atoms with van der Waals surface area (Å²) in [6.07, 6.45) is -5.51. The van der Waals surface area contributed by atoms with E-state index < -0.39 is 31.0 Å². The van der Waals surface area contributed by atoms with Crippen LogP contribution in [0.15, 0.2) is 0 Å². The van der Waals surface area contributed by atoms with Crippen molar-refractivity contribution in [3.8, 4) is 0 Å². The quantitative estimate of drug-likeness (QED) is 0.552. The average Bonchev–Trinajstić information content (AvgIpc) is 2.02. The first-order valence-electron chi connectivity index (χ1n) is 3.88. The minimum absolute atomic E-state index is 0.00548. The Morgan fingerprint density at radius 3 is 2.36 bits per heavy atom. The predicted molar refractivity (Wildman–Crippen MR) is 40.3 cm³/mol. The molecule has 0 aliphatic rings. The van der Waals surface area contributed by atoms with E-state index in [4.69, 9.17) is 0 Å². The van der Waals surface area contributed by atoms with Gasteiger partial charge in [-0.2, -0.15) is 13.2 Å². The number of hydrogen-bond donors (Lipinski definition) is 1. The van der Waals surface area contributed by atoms with Crippen LogP contribution in [0.2, 0.25) is 0 Å². The number of rotatable bonds is 3. The van der Waals surface area contributed by atoms with Gasteiger partial charge in [0.2, 0.25) is 0 Å². The van der Waals surface area contributed by atoms with Gasteiger partial charge in [-0.1, -0.05) is 0 Å². The van der Waals surface area contributed by atoms with Crippen molar-refractivity contribution in [1.82, 2.24) is 5.32 Å². The van der Waals surface area contributed by atoms with Gasteiger partial charge in [0.15, 0.2) is 0 Å². The van der Waals surface area contributed by atoms with E-state index in [-0.39, 0.29) is 6.61 Å². The molecule has 82 valence electrons. The Balaban J connectivity index is 3.70. The molecule has 0 aliphatic heterocycles. The topological polar surface area (TPSA) is 55.4 Å². The Labute approximate surface area is 78.4 Å². The van der Waals surface area contributed by atoms with E-state index in [9.17, 15) is 22.8 Å². The lowest BCUT2D eigenvalue weighted by Crippen LogP contribution is -2.34. The van der Waals surface area contributed by atoms with Crippen molar-refractivity contribution in [2.45, 2.75) is 19.5 Å². The van der Waals surface area contributed by atoms with Crippen LogP contribution in [0, 0.1) is 0 Å². The first kappa shape index (κ1) is 12.7. The van der Waals surface area contributed by atoms with Crippen LogP contribution >= 0.6 is 0 Å². The lowest BCUT2D eigenvalue weighted by molar-refractivity contribution is -0.155. The van der Waals surface area contributed by atoms with Crippen LogP contribution in [0.1, 0.15) is 13.3 Å². The molecule has 0 rings (SSSR count). The highest BCUT2D eigenvalue weighted by molar-refractivity contribution is 6.32. The van der Waals surface area contributed by atoms with Gasteiger partial charge in [0.25, 0.3) is 0 Å². The molecule has 0 bridgehead atoms. The molecule has 0 aromatic rings. The summed E-state index contributed by atoms with van der Waals surface area (Å²) in [5.41, 5.74) is 0. The molecule has 1 N–H and O–H groups in total. The van der Waals surface area contributed by atoms with Gasteiger partial charge in [0.1, 0.15) is 0 Å². The zero-order chi connectivity index (χ0) is 11.2. The van der Waals surface area contributed by atoms with Crippen LogP contribution in [0.5, 0.6) is 0 Å². The van der Waals surface area contributed by atoms with Crippen LogP contribution in [0.4, 0.5) is 13.2 Å². The Hall–Kier alpha value is -1.27. The SMILES string of the molecule is CCOC(=O)C(=O)NCCC(F)(F)F. The lowest BCUT2D eigenvalue weighted by Gasteiger charge is -2.06. The summed E-state index contributed by atoms with van der Waals surface area (Å²) in [7, 11) is 0. The summed E-state index contributed by atoms with van der Waals surface area (Å²) in [5, 5.41) is 1.79. The minimum atomic E-state index is -4.35.